The summed E-state index contributed by atoms with van der Waals surface area (Å²) in [5, 5.41) is 3.60. The predicted octanol–water partition coefficient (Wildman–Crippen LogP) is 4.56. The summed E-state index contributed by atoms with van der Waals surface area (Å²) in [7, 11) is 3.13. The molecule has 2 aromatic rings. The van der Waals surface area contributed by atoms with Crippen LogP contribution in [0.3, 0.4) is 0 Å². The monoisotopic (exact) mass is 374 g/mol. The number of aryl methyl sites for hydroxylation is 1. The van der Waals surface area contributed by atoms with Crippen LogP contribution in [0.25, 0.3) is 0 Å². The quantitative estimate of drug-likeness (QED) is 0.852. The number of anilines is 1. The highest BCUT2D eigenvalue weighted by molar-refractivity contribution is 7.15. The molecule has 5 nitrogen and oxygen atoms in total. The van der Waals surface area contributed by atoms with Crippen LogP contribution in [0.5, 0.6) is 11.5 Å². The highest BCUT2D eigenvalue weighted by Gasteiger charge is 2.30. The number of nitrogens with zero attached hydrogens (tertiary/aromatic N) is 1. The number of aromatic nitrogens is 1. The van der Waals surface area contributed by atoms with Gasteiger partial charge in [-0.05, 0) is 48.8 Å². The van der Waals surface area contributed by atoms with Crippen molar-refractivity contribution in [2.75, 3.05) is 19.5 Å². The molecule has 1 amide bonds. The van der Waals surface area contributed by atoms with Crippen LogP contribution in [-0.2, 0) is 12.8 Å². The van der Waals surface area contributed by atoms with E-state index >= 15 is 0 Å². The van der Waals surface area contributed by atoms with E-state index in [2.05, 4.69) is 31.1 Å². The van der Waals surface area contributed by atoms with Gasteiger partial charge in [0, 0.05) is 10.4 Å². The Labute approximate surface area is 158 Å². The summed E-state index contributed by atoms with van der Waals surface area (Å²) in [6.45, 7) is 6.89. The number of fused-ring (bicyclic) bond motifs is 1. The Morgan fingerprint density at radius 3 is 2.62 bits per heavy atom. The SMILES string of the molecule is COc1ccc(C(=O)Nc2nc3c(s2)CC(C(C)(C)C)CC3)cc1OC. The molecule has 1 aliphatic carbocycles. The van der Waals surface area contributed by atoms with E-state index in [4.69, 9.17) is 9.47 Å². The van der Waals surface area contributed by atoms with Gasteiger partial charge in [0.1, 0.15) is 0 Å². The Hall–Kier alpha value is -2.08. The first kappa shape index (κ1) is 18.7. The molecule has 140 valence electrons. The smallest absolute Gasteiger partial charge is 0.257 e. The van der Waals surface area contributed by atoms with Crippen LogP contribution in [0.15, 0.2) is 18.2 Å². The maximum atomic E-state index is 12.6. The van der Waals surface area contributed by atoms with Crippen molar-refractivity contribution >= 4 is 22.4 Å². The van der Waals surface area contributed by atoms with E-state index in [9.17, 15) is 4.79 Å². The van der Waals surface area contributed by atoms with Crippen molar-refractivity contribution in [3.05, 3.63) is 34.3 Å². The van der Waals surface area contributed by atoms with Gasteiger partial charge in [-0.3, -0.25) is 10.1 Å². The van der Waals surface area contributed by atoms with Crippen molar-refractivity contribution in [3.8, 4) is 11.5 Å². The molecule has 0 radical (unpaired) electrons. The molecular formula is C20H26N2O3S. The van der Waals surface area contributed by atoms with E-state index in [0.717, 1.165) is 25.0 Å². The molecule has 3 rings (SSSR count). The van der Waals surface area contributed by atoms with E-state index in [1.54, 1.807) is 43.8 Å². The van der Waals surface area contributed by atoms with Gasteiger partial charge in [0.25, 0.3) is 5.91 Å². The van der Waals surface area contributed by atoms with Crippen LogP contribution in [0.2, 0.25) is 0 Å². The van der Waals surface area contributed by atoms with Gasteiger partial charge in [-0.25, -0.2) is 4.98 Å². The number of thiazole rings is 1. The number of benzene rings is 1. The number of amides is 1. The molecule has 0 saturated carbocycles. The molecule has 1 aliphatic rings. The van der Waals surface area contributed by atoms with Crippen LogP contribution in [-0.4, -0.2) is 25.1 Å². The summed E-state index contributed by atoms with van der Waals surface area (Å²) in [5.41, 5.74) is 1.95. The maximum Gasteiger partial charge on any atom is 0.257 e. The first-order valence-electron chi connectivity index (χ1n) is 8.83. The maximum absolute atomic E-state index is 12.6. The molecule has 0 saturated heterocycles. The summed E-state index contributed by atoms with van der Waals surface area (Å²) in [5.74, 6) is 1.60. The fourth-order valence-corrected chi connectivity index (χ4v) is 4.40. The zero-order chi connectivity index (χ0) is 18.9. The molecule has 0 fully saturated rings. The van der Waals surface area contributed by atoms with Crippen LogP contribution >= 0.6 is 11.3 Å². The fraction of sp³-hybridized carbons (Fsp3) is 0.500. The lowest BCUT2D eigenvalue weighted by atomic mass is 9.73. The molecule has 1 aromatic carbocycles. The van der Waals surface area contributed by atoms with Gasteiger partial charge in [0.05, 0.1) is 19.9 Å². The van der Waals surface area contributed by atoms with E-state index in [-0.39, 0.29) is 5.91 Å². The zero-order valence-electron chi connectivity index (χ0n) is 16.0. The minimum atomic E-state index is -0.190. The average molecular weight is 375 g/mol. The lowest BCUT2D eigenvalue weighted by Gasteiger charge is -2.33. The number of rotatable bonds is 4. The standard InChI is InChI=1S/C20H26N2O3S/c1-20(2,3)13-7-8-14-17(11-13)26-19(21-14)22-18(23)12-6-9-15(24-4)16(10-12)25-5/h6,9-10,13H,7-8,11H2,1-5H3,(H,21,22,23). The van der Waals surface area contributed by atoms with E-state index in [1.807, 2.05) is 0 Å². The number of ether oxygens (including phenoxy) is 2. The number of carbonyl (C=O) groups excluding carboxylic acids is 1. The van der Waals surface area contributed by atoms with Crippen molar-refractivity contribution in [3.63, 3.8) is 0 Å². The Morgan fingerprint density at radius 2 is 1.96 bits per heavy atom. The third-order valence-electron chi connectivity index (χ3n) is 5.03. The molecule has 0 spiro atoms. The molecule has 1 atom stereocenters. The van der Waals surface area contributed by atoms with Gasteiger partial charge in [0.15, 0.2) is 16.6 Å². The summed E-state index contributed by atoms with van der Waals surface area (Å²) >= 11 is 1.60. The Bertz CT molecular complexity index is 808. The molecule has 1 N–H and O–H groups in total. The first-order chi connectivity index (χ1) is 12.3. The number of carbonyl (C=O) groups is 1. The van der Waals surface area contributed by atoms with Crippen molar-refractivity contribution < 1.29 is 14.3 Å². The molecule has 1 heterocycles. The van der Waals surface area contributed by atoms with Gasteiger partial charge in [0.2, 0.25) is 0 Å². The second-order valence-corrected chi connectivity index (χ2v) is 8.80. The van der Waals surface area contributed by atoms with Crippen molar-refractivity contribution in [2.45, 2.75) is 40.0 Å². The molecule has 0 aliphatic heterocycles. The number of hydrogen-bond donors (Lipinski definition) is 1. The predicted molar refractivity (Wildman–Crippen MR) is 105 cm³/mol. The number of hydrogen-bond acceptors (Lipinski definition) is 5. The molecular weight excluding hydrogens is 348 g/mol. The molecule has 1 unspecified atom stereocenters. The van der Waals surface area contributed by atoms with Crippen molar-refractivity contribution in [1.29, 1.82) is 0 Å². The highest BCUT2D eigenvalue weighted by atomic mass is 32.1. The van der Waals surface area contributed by atoms with E-state index < -0.39 is 0 Å². The van der Waals surface area contributed by atoms with Crippen LogP contribution in [0.1, 0.15) is 48.1 Å². The van der Waals surface area contributed by atoms with Crippen LogP contribution < -0.4 is 14.8 Å². The average Bonchev–Trinajstić information content (AvgIpc) is 3.01. The third kappa shape index (κ3) is 3.85. The van der Waals surface area contributed by atoms with Gasteiger partial charge in [-0.1, -0.05) is 20.8 Å². The van der Waals surface area contributed by atoms with E-state index in [1.165, 1.54) is 4.88 Å². The molecule has 6 heteroatoms. The summed E-state index contributed by atoms with van der Waals surface area (Å²) in [6, 6.07) is 5.13. The summed E-state index contributed by atoms with van der Waals surface area (Å²) < 4.78 is 10.5. The van der Waals surface area contributed by atoms with E-state index in [0.29, 0.717) is 33.5 Å². The Balaban J connectivity index is 1.74. The lowest BCUT2D eigenvalue weighted by molar-refractivity contribution is 0.102. The largest absolute Gasteiger partial charge is 0.493 e. The van der Waals surface area contributed by atoms with Crippen LogP contribution in [0.4, 0.5) is 5.13 Å². The summed E-state index contributed by atoms with van der Waals surface area (Å²) in [4.78, 5) is 18.5. The Morgan fingerprint density at radius 1 is 1.23 bits per heavy atom. The first-order valence-corrected chi connectivity index (χ1v) is 9.65. The third-order valence-corrected chi connectivity index (χ3v) is 6.07. The number of nitrogens with one attached hydrogen (secondary N) is 1. The number of methoxy groups -OCH3 is 2. The second kappa shape index (κ2) is 7.27. The van der Waals surface area contributed by atoms with Gasteiger partial charge in [-0.2, -0.15) is 0 Å². The molecule has 26 heavy (non-hydrogen) atoms. The van der Waals surface area contributed by atoms with Crippen molar-refractivity contribution in [1.82, 2.24) is 4.98 Å². The van der Waals surface area contributed by atoms with Gasteiger partial charge < -0.3 is 9.47 Å². The lowest BCUT2D eigenvalue weighted by Crippen LogP contribution is -2.26. The molecule has 1 aromatic heterocycles. The highest BCUT2D eigenvalue weighted by Crippen LogP contribution is 2.40. The minimum absolute atomic E-state index is 0.190. The van der Waals surface area contributed by atoms with Crippen LogP contribution in [0, 0.1) is 11.3 Å². The Kier molecular flexibility index (Phi) is 5.23. The minimum Gasteiger partial charge on any atom is -0.493 e. The van der Waals surface area contributed by atoms with Crippen molar-refractivity contribution in [2.24, 2.45) is 11.3 Å². The van der Waals surface area contributed by atoms with Gasteiger partial charge >= 0.3 is 0 Å². The normalized spacial score (nSPS) is 16.7. The zero-order valence-corrected chi connectivity index (χ0v) is 16.8. The van der Waals surface area contributed by atoms with Gasteiger partial charge in [-0.15, -0.1) is 11.3 Å². The summed E-state index contributed by atoms with van der Waals surface area (Å²) in [6.07, 6.45) is 3.19. The topological polar surface area (TPSA) is 60.5 Å². The molecule has 0 bridgehead atoms. The fourth-order valence-electron chi connectivity index (χ4n) is 3.31. The second-order valence-electron chi connectivity index (χ2n) is 7.72.